The van der Waals surface area contributed by atoms with Crippen LogP contribution in [0.25, 0.3) is 11.0 Å². The number of nitrogens with zero attached hydrogens (tertiary/aromatic N) is 2. The quantitative estimate of drug-likeness (QED) is 0.751. The average Bonchev–Trinajstić information content (AvgIpc) is 2.89. The molecule has 1 aliphatic rings. The van der Waals surface area contributed by atoms with Gasteiger partial charge in [-0.1, -0.05) is 12.8 Å². The summed E-state index contributed by atoms with van der Waals surface area (Å²) in [5, 5.41) is 6.53. The van der Waals surface area contributed by atoms with E-state index in [2.05, 4.69) is 15.4 Å². The van der Waals surface area contributed by atoms with E-state index in [0.717, 1.165) is 36.1 Å². The van der Waals surface area contributed by atoms with Crippen LogP contribution in [0.2, 0.25) is 0 Å². The van der Waals surface area contributed by atoms with Crippen molar-refractivity contribution in [3.63, 3.8) is 0 Å². The molecule has 1 fully saturated rings. The molecule has 26 heavy (non-hydrogen) atoms. The molecule has 4 N–H and O–H groups in total. The maximum Gasteiger partial charge on any atom is 0.273 e. The summed E-state index contributed by atoms with van der Waals surface area (Å²) in [6, 6.07) is 0.195. The third-order valence-corrected chi connectivity index (χ3v) is 5.74. The smallest absolute Gasteiger partial charge is 0.273 e. The van der Waals surface area contributed by atoms with Crippen molar-refractivity contribution in [3.05, 3.63) is 27.2 Å². The van der Waals surface area contributed by atoms with Crippen LogP contribution in [0.5, 0.6) is 0 Å². The Bertz CT molecular complexity index is 867. The number of hydrogen-bond donors (Lipinski definition) is 3. The first-order valence-electron chi connectivity index (χ1n) is 9.46. The lowest BCUT2D eigenvalue weighted by molar-refractivity contribution is -0.122. The molecule has 0 aliphatic heterocycles. The van der Waals surface area contributed by atoms with E-state index in [1.807, 2.05) is 13.8 Å². The molecule has 1 aliphatic carbocycles. The Morgan fingerprint density at radius 3 is 2.81 bits per heavy atom. The van der Waals surface area contributed by atoms with Gasteiger partial charge in [0.15, 0.2) is 5.65 Å². The number of amides is 1. The molecule has 0 saturated heterocycles. The lowest BCUT2D eigenvalue weighted by Gasteiger charge is -2.31. The van der Waals surface area contributed by atoms with Crippen LogP contribution in [0.4, 0.5) is 0 Å². The highest BCUT2D eigenvalue weighted by Gasteiger charge is 2.25. The van der Waals surface area contributed by atoms with Gasteiger partial charge in [-0.2, -0.15) is 0 Å². The number of hydrogen-bond acceptors (Lipinski definition) is 4. The number of pyridine rings is 1. The van der Waals surface area contributed by atoms with E-state index in [1.165, 1.54) is 6.42 Å². The zero-order valence-electron chi connectivity index (χ0n) is 15.9. The number of aromatic nitrogens is 3. The van der Waals surface area contributed by atoms with E-state index >= 15 is 0 Å². The monoisotopic (exact) mass is 359 g/mol. The molecular formula is C19H29N5O2. The highest BCUT2D eigenvalue weighted by molar-refractivity contribution is 5.81. The van der Waals surface area contributed by atoms with Crippen LogP contribution in [0.1, 0.15) is 48.9 Å². The van der Waals surface area contributed by atoms with Crippen molar-refractivity contribution >= 4 is 16.9 Å². The molecule has 2 aromatic rings. The van der Waals surface area contributed by atoms with Crippen LogP contribution in [-0.4, -0.2) is 33.3 Å². The molecule has 2 heterocycles. The predicted molar refractivity (Wildman–Crippen MR) is 102 cm³/mol. The summed E-state index contributed by atoms with van der Waals surface area (Å²) in [6.07, 6.45) is 5.44. The average molecular weight is 359 g/mol. The molecule has 0 bridgehead atoms. The fraction of sp³-hybridized carbons (Fsp3) is 0.632. The first-order valence-corrected chi connectivity index (χ1v) is 9.46. The zero-order chi connectivity index (χ0) is 18.8. The third-order valence-electron chi connectivity index (χ3n) is 5.74. The number of fused-ring (bicyclic) bond motifs is 1. The molecule has 2 unspecified atom stereocenters. The van der Waals surface area contributed by atoms with Crippen LogP contribution < -0.4 is 16.6 Å². The van der Waals surface area contributed by atoms with E-state index in [1.54, 1.807) is 11.7 Å². The van der Waals surface area contributed by atoms with Crippen molar-refractivity contribution in [1.29, 1.82) is 0 Å². The van der Waals surface area contributed by atoms with E-state index in [-0.39, 0.29) is 17.5 Å². The van der Waals surface area contributed by atoms with Gasteiger partial charge < -0.3 is 11.1 Å². The third kappa shape index (κ3) is 3.53. The van der Waals surface area contributed by atoms with Gasteiger partial charge in [-0.25, -0.2) is 4.98 Å². The number of aromatic amines is 1. The van der Waals surface area contributed by atoms with Gasteiger partial charge in [-0.05, 0) is 56.7 Å². The van der Waals surface area contributed by atoms with Crippen LogP contribution >= 0.6 is 0 Å². The molecule has 7 nitrogen and oxygen atoms in total. The Balaban J connectivity index is 1.72. The van der Waals surface area contributed by atoms with Gasteiger partial charge in [-0.3, -0.25) is 19.4 Å². The topological polar surface area (TPSA) is 106 Å². The fourth-order valence-corrected chi connectivity index (χ4v) is 4.21. The molecule has 1 amide bonds. The normalized spacial score (nSPS) is 20.5. The van der Waals surface area contributed by atoms with Crippen molar-refractivity contribution < 1.29 is 4.79 Å². The maximum absolute atomic E-state index is 12.5. The lowest BCUT2D eigenvalue weighted by atomic mass is 9.84. The molecule has 2 aromatic heterocycles. The first-order chi connectivity index (χ1) is 12.4. The number of aryl methyl sites for hydroxylation is 3. The van der Waals surface area contributed by atoms with E-state index in [4.69, 9.17) is 5.73 Å². The number of carbonyl (C=O) groups excluding carboxylic acids is 1. The van der Waals surface area contributed by atoms with Crippen molar-refractivity contribution in [3.8, 4) is 0 Å². The zero-order valence-corrected chi connectivity index (χ0v) is 15.9. The number of carbonyl (C=O) groups is 1. The van der Waals surface area contributed by atoms with Crippen LogP contribution in [0.3, 0.4) is 0 Å². The maximum atomic E-state index is 12.5. The van der Waals surface area contributed by atoms with Crippen molar-refractivity contribution in [2.45, 2.75) is 58.4 Å². The summed E-state index contributed by atoms with van der Waals surface area (Å²) in [5.41, 5.74) is 9.15. The van der Waals surface area contributed by atoms with Crippen molar-refractivity contribution in [2.24, 2.45) is 18.7 Å². The molecule has 3 rings (SSSR count). The molecule has 7 heteroatoms. The van der Waals surface area contributed by atoms with E-state index < -0.39 is 0 Å². The number of nitrogens with two attached hydrogens (primary N) is 1. The van der Waals surface area contributed by atoms with Gasteiger partial charge in [0.25, 0.3) is 5.56 Å². The van der Waals surface area contributed by atoms with Crippen molar-refractivity contribution in [2.75, 3.05) is 6.54 Å². The fourth-order valence-electron chi connectivity index (χ4n) is 4.21. The second-order valence-corrected chi connectivity index (χ2v) is 7.45. The standard InChI is InChI=1S/C19H29N5O2/c1-11-14(12(2)21-18-17(11)19(26)23-24(18)3)8-9-16(25)22-15-7-5-4-6-13(15)10-20/h13,15H,4-10,20H2,1-3H3,(H,22,25)(H,23,26). The predicted octanol–water partition coefficient (Wildman–Crippen LogP) is 1.44. The largest absolute Gasteiger partial charge is 0.353 e. The summed E-state index contributed by atoms with van der Waals surface area (Å²) in [5.74, 6) is 0.438. The molecule has 0 radical (unpaired) electrons. The van der Waals surface area contributed by atoms with Crippen LogP contribution in [0, 0.1) is 19.8 Å². The lowest BCUT2D eigenvalue weighted by Crippen LogP contribution is -2.44. The van der Waals surface area contributed by atoms with Gasteiger partial charge in [0.05, 0.1) is 5.39 Å². The Morgan fingerprint density at radius 1 is 1.35 bits per heavy atom. The SMILES string of the molecule is Cc1nc2c(c(C)c1CCC(=O)NC1CCCCC1CN)c(=O)[nH]n2C. The van der Waals surface area contributed by atoms with Gasteiger partial charge >= 0.3 is 0 Å². The molecule has 142 valence electrons. The highest BCUT2D eigenvalue weighted by atomic mass is 16.1. The minimum atomic E-state index is -0.133. The van der Waals surface area contributed by atoms with E-state index in [0.29, 0.717) is 36.3 Å². The molecular weight excluding hydrogens is 330 g/mol. The van der Waals surface area contributed by atoms with E-state index in [9.17, 15) is 9.59 Å². The van der Waals surface area contributed by atoms with Gasteiger partial charge in [0, 0.05) is 25.2 Å². The first kappa shape index (κ1) is 18.6. The highest BCUT2D eigenvalue weighted by Crippen LogP contribution is 2.24. The summed E-state index contributed by atoms with van der Waals surface area (Å²) < 4.78 is 1.64. The Labute approximate surface area is 153 Å². The molecule has 0 spiro atoms. The summed E-state index contributed by atoms with van der Waals surface area (Å²) in [4.78, 5) is 29.2. The van der Waals surface area contributed by atoms with Crippen LogP contribution in [0.15, 0.2) is 4.79 Å². The number of nitrogens with one attached hydrogen (secondary N) is 2. The number of rotatable bonds is 5. The second kappa shape index (κ2) is 7.61. The Kier molecular flexibility index (Phi) is 5.46. The molecule has 0 aromatic carbocycles. The Hall–Kier alpha value is -2.15. The Morgan fingerprint density at radius 2 is 2.08 bits per heavy atom. The van der Waals surface area contributed by atoms with Gasteiger partial charge in [0.1, 0.15) is 0 Å². The molecule has 1 saturated carbocycles. The van der Waals surface area contributed by atoms with Crippen LogP contribution in [-0.2, 0) is 18.3 Å². The minimum absolute atomic E-state index is 0.0521. The minimum Gasteiger partial charge on any atom is -0.353 e. The van der Waals surface area contributed by atoms with Gasteiger partial charge in [0.2, 0.25) is 5.91 Å². The van der Waals surface area contributed by atoms with Gasteiger partial charge in [-0.15, -0.1) is 0 Å². The van der Waals surface area contributed by atoms with Crippen molar-refractivity contribution in [1.82, 2.24) is 20.1 Å². The molecule has 2 atom stereocenters. The second-order valence-electron chi connectivity index (χ2n) is 7.45. The summed E-state index contributed by atoms with van der Waals surface area (Å²) >= 11 is 0. The summed E-state index contributed by atoms with van der Waals surface area (Å²) in [6.45, 7) is 4.49. The number of H-pyrrole nitrogens is 1. The summed E-state index contributed by atoms with van der Waals surface area (Å²) in [7, 11) is 1.78.